The summed E-state index contributed by atoms with van der Waals surface area (Å²) in [5.74, 6) is -0.0694. The molecule has 0 aromatic heterocycles. The lowest BCUT2D eigenvalue weighted by molar-refractivity contribution is 0.344. The van der Waals surface area contributed by atoms with Gasteiger partial charge in [0.15, 0.2) is 0 Å². The van der Waals surface area contributed by atoms with Crippen molar-refractivity contribution in [2.45, 2.75) is 12.5 Å². The fourth-order valence-electron chi connectivity index (χ4n) is 0.632. The standard InChI is InChI=1S/C4H9NO3S/c1-4(2-8-4)3-9(5,6)7/h2-3H2,1H3,(H2,5,6,7). The van der Waals surface area contributed by atoms with Gasteiger partial charge in [0, 0.05) is 0 Å². The number of hydrogen-bond acceptors (Lipinski definition) is 3. The molecule has 1 fully saturated rings. The van der Waals surface area contributed by atoms with Crippen molar-refractivity contribution in [3.05, 3.63) is 0 Å². The topological polar surface area (TPSA) is 72.7 Å². The molecule has 2 N–H and O–H groups in total. The third-order valence-corrected chi connectivity index (χ3v) is 2.16. The van der Waals surface area contributed by atoms with Gasteiger partial charge in [-0.2, -0.15) is 0 Å². The summed E-state index contributed by atoms with van der Waals surface area (Å²) in [6.45, 7) is 2.22. The van der Waals surface area contributed by atoms with Crippen LogP contribution in [0.3, 0.4) is 0 Å². The monoisotopic (exact) mass is 151 g/mol. The van der Waals surface area contributed by atoms with E-state index in [1.54, 1.807) is 6.92 Å². The molecule has 0 saturated carbocycles. The predicted molar refractivity (Wildman–Crippen MR) is 32.3 cm³/mol. The minimum atomic E-state index is -3.34. The van der Waals surface area contributed by atoms with Crippen LogP contribution < -0.4 is 5.14 Å². The van der Waals surface area contributed by atoms with Crippen molar-refractivity contribution in [1.29, 1.82) is 0 Å². The van der Waals surface area contributed by atoms with E-state index in [0.717, 1.165) is 0 Å². The molecule has 0 aromatic rings. The van der Waals surface area contributed by atoms with Gasteiger partial charge in [-0.25, -0.2) is 13.6 Å². The van der Waals surface area contributed by atoms with Crippen LogP contribution in [0.1, 0.15) is 6.92 Å². The highest BCUT2D eigenvalue weighted by Crippen LogP contribution is 2.26. The van der Waals surface area contributed by atoms with Crippen LogP contribution in [0, 0.1) is 0 Å². The molecular weight excluding hydrogens is 142 g/mol. The van der Waals surface area contributed by atoms with Crippen molar-refractivity contribution in [1.82, 2.24) is 0 Å². The zero-order valence-corrected chi connectivity index (χ0v) is 5.94. The quantitative estimate of drug-likeness (QED) is 0.518. The van der Waals surface area contributed by atoms with Crippen LogP contribution in [0.2, 0.25) is 0 Å². The molecule has 0 aromatic carbocycles. The van der Waals surface area contributed by atoms with Gasteiger partial charge in [-0.05, 0) is 6.92 Å². The molecule has 5 heteroatoms. The summed E-state index contributed by atoms with van der Waals surface area (Å²) in [7, 11) is -3.34. The summed E-state index contributed by atoms with van der Waals surface area (Å²) in [4.78, 5) is 0. The van der Waals surface area contributed by atoms with E-state index in [0.29, 0.717) is 6.61 Å². The SMILES string of the molecule is CC1(CS(N)(=O)=O)CO1. The van der Waals surface area contributed by atoms with Gasteiger partial charge in [0.2, 0.25) is 10.0 Å². The summed E-state index contributed by atoms with van der Waals surface area (Å²) in [6, 6.07) is 0. The first-order chi connectivity index (χ1) is 3.91. The largest absolute Gasteiger partial charge is 0.369 e. The maximum absolute atomic E-state index is 10.4. The number of sulfonamides is 1. The van der Waals surface area contributed by atoms with E-state index in [2.05, 4.69) is 0 Å². The molecule has 0 amide bonds. The summed E-state index contributed by atoms with van der Waals surface area (Å²) < 4.78 is 25.6. The zero-order valence-electron chi connectivity index (χ0n) is 5.12. The average molecular weight is 151 g/mol. The van der Waals surface area contributed by atoms with Crippen molar-refractivity contribution in [2.24, 2.45) is 5.14 Å². The smallest absolute Gasteiger partial charge is 0.212 e. The Balaban J connectivity index is 2.53. The van der Waals surface area contributed by atoms with Crippen molar-refractivity contribution in [3.63, 3.8) is 0 Å². The van der Waals surface area contributed by atoms with E-state index in [4.69, 9.17) is 9.88 Å². The fraction of sp³-hybridized carbons (Fsp3) is 1.00. The molecular formula is C4H9NO3S. The van der Waals surface area contributed by atoms with Crippen LogP contribution >= 0.6 is 0 Å². The predicted octanol–water partition coefficient (Wildman–Crippen LogP) is -0.936. The first kappa shape index (κ1) is 6.98. The van der Waals surface area contributed by atoms with Crippen LogP contribution in [0.25, 0.3) is 0 Å². The van der Waals surface area contributed by atoms with E-state index in [9.17, 15) is 8.42 Å². The van der Waals surface area contributed by atoms with E-state index in [-0.39, 0.29) is 5.75 Å². The Morgan fingerprint density at radius 1 is 1.78 bits per heavy atom. The number of ether oxygens (including phenoxy) is 1. The first-order valence-electron chi connectivity index (χ1n) is 2.56. The second kappa shape index (κ2) is 1.68. The summed E-state index contributed by atoms with van der Waals surface area (Å²) >= 11 is 0. The highest BCUT2D eigenvalue weighted by Gasteiger charge is 2.42. The zero-order chi connectivity index (χ0) is 7.12. The van der Waals surface area contributed by atoms with Gasteiger partial charge in [0.05, 0.1) is 12.4 Å². The normalized spacial score (nSPS) is 34.4. The minimum absolute atomic E-state index is 0.0694. The van der Waals surface area contributed by atoms with Crippen LogP contribution in [0.4, 0.5) is 0 Å². The van der Waals surface area contributed by atoms with Crippen molar-refractivity contribution >= 4 is 10.0 Å². The number of epoxide rings is 1. The third kappa shape index (κ3) is 2.30. The van der Waals surface area contributed by atoms with Crippen LogP contribution in [-0.2, 0) is 14.8 Å². The average Bonchev–Trinajstić information content (AvgIpc) is 2.12. The van der Waals surface area contributed by atoms with E-state index < -0.39 is 15.6 Å². The first-order valence-corrected chi connectivity index (χ1v) is 4.27. The second-order valence-electron chi connectivity index (χ2n) is 2.55. The van der Waals surface area contributed by atoms with Crippen molar-refractivity contribution < 1.29 is 13.2 Å². The Kier molecular flexibility index (Phi) is 1.30. The Morgan fingerprint density at radius 3 is 2.33 bits per heavy atom. The van der Waals surface area contributed by atoms with Gasteiger partial charge >= 0.3 is 0 Å². The highest BCUT2D eigenvalue weighted by atomic mass is 32.2. The molecule has 1 saturated heterocycles. The molecule has 1 unspecified atom stereocenters. The molecule has 1 rings (SSSR count). The Morgan fingerprint density at radius 2 is 2.22 bits per heavy atom. The summed E-state index contributed by atoms with van der Waals surface area (Å²) in [5, 5.41) is 4.75. The number of primary sulfonamides is 1. The van der Waals surface area contributed by atoms with Gasteiger partial charge in [-0.15, -0.1) is 0 Å². The maximum atomic E-state index is 10.4. The molecule has 0 aliphatic carbocycles. The van der Waals surface area contributed by atoms with Crippen LogP contribution in [0.15, 0.2) is 0 Å². The summed E-state index contributed by atoms with van der Waals surface area (Å²) in [5.41, 5.74) is -0.479. The third-order valence-electron chi connectivity index (χ3n) is 1.14. The molecule has 0 spiro atoms. The molecule has 1 heterocycles. The Labute approximate surface area is 54.0 Å². The molecule has 0 radical (unpaired) electrons. The molecule has 1 aliphatic heterocycles. The van der Waals surface area contributed by atoms with Crippen LogP contribution in [0.5, 0.6) is 0 Å². The van der Waals surface area contributed by atoms with E-state index in [1.807, 2.05) is 0 Å². The Hall–Kier alpha value is -0.130. The summed E-state index contributed by atoms with van der Waals surface area (Å²) in [6.07, 6.45) is 0. The minimum Gasteiger partial charge on any atom is -0.369 e. The molecule has 1 aliphatic rings. The van der Waals surface area contributed by atoms with Crippen molar-refractivity contribution in [3.8, 4) is 0 Å². The number of nitrogens with two attached hydrogens (primary N) is 1. The number of rotatable bonds is 2. The van der Waals surface area contributed by atoms with Gasteiger partial charge in [-0.1, -0.05) is 0 Å². The van der Waals surface area contributed by atoms with E-state index in [1.165, 1.54) is 0 Å². The second-order valence-corrected chi connectivity index (χ2v) is 4.16. The lowest BCUT2D eigenvalue weighted by Crippen LogP contribution is -2.26. The number of hydrogen-bond donors (Lipinski definition) is 1. The van der Waals surface area contributed by atoms with Gasteiger partial charge in [-0.3, -0.25) is 0 Å². The molecule has 54 valence electrons. The fourth-order valence-corrected chi connectivity index (χ4v) is 1.65. The van der Waals surface area contributed by atoms with Crippen LogP contribution in [-0.4, -0.2) is 26.4 Å². The van der Waals surface area contributed by atoms with Crippen molar-refractivity contribution in [2.75, 3.05) is 12.4 Å². The van der Waals surface area contributed by atoms with E-state index >= 15 is 0 Å². The van der Waals surface area contributed by atoms with Gasteiger partial charge < -0.3 is 4.74 Å². The Bertz CT molecular complexity index is 204. The lowest BCUT2D eigenvalue weighted by atomic mass is 10.3. The molecule has 4 nitrogen and oxygen atoms in total. The van der Waals surface area contributed by atoms with Gasteiger partial charge in [0.1, 0.15) is 5.60 Å². The molecule has 0 bridgehead atoms. The maximum Gasteiger partial charge on any atom is 0.212 e. The molecule has 1 atom stereocenters. The lowest BCUT2D eigenvalue weighted by Gasteiger charge is -1.99. The van der Waals surface area contributed by atoms with Gasteiger partial charge in [0.25, 0.3) is 0 Å². The molecule has 9 heavy (non-hydrogen) atoms. The highest BCUT2D eigenvalue weighted by molar-refractivity contribution is 7.89.